The minimum atomic E-state index is -0.438. The van der Waals surface area contributed by atoms with E-state index in [9.17, 15) is 14.4 Å². The summed E-state index contributed by atoms with van der Waals surface area (Å²) in [6.07, 6.45) is 2.14. The van der Waals surface area contributed by atoms with Gasteiger partial charge in [0, 0.05) is 7.05 Å². The zero-order valence-electron chi connectivity index (χ0n) is 16.6. The second kappa shape index (κ2) is 10.4. The molecule has 0 spiro atoms. The summed E-state index contributed by atoms with van der Waals surface area (Å²) in [4.78, 5) is 40.2. The number of hydrogen-bond acceptors (Lipinski definition) is 5. The van der Waals surface area contributed by atoms with Crippen molar-refractivity contribution in [3.8, 4) is 0 Å². The molecule has 0 saturated carbocycles. The summed E-state index contributed by atoms with van der Waals surface area (Å²) in [5, 5.41) is 3.07. The van der Waals surface area contributed by atoms with E-state index in [0.29, 0.717) is 10.7 Å². The first-order chi connectivity index (χ1) is 13.3. The third kappa shape index (κ3) is 6.21. The zero-order valence-corrected chi connectivity index (χ0v) is 17.4. The van der Waals surface area contributed by atoms with E-state index >= 15 is 0 Å². The molecule has 1 N–H and O–H groups in total. The number of likely N-dealkylation sites (tertiary alicyclic amines) is 1. The van der Waals surface area contributed by atoms with Crippen molar-refractivity contribution in [1.82, 2.24) is 9.80 Å². The maximum atomic E-state index is 12.5. The normalized spacial score (nSPS) is 15.3. The van der Waals surface area contributed by atoms with Gasteiger partial charge in [-0.05, 0) is 44.0 Å². The fourth-order valence-electron chi connectivity index (χ4n) is 3.25. The van der Waals surface area contributed by atoms with Crippen LogP contribution in [0.25, 0.3) is 0 Å². The Hall–Kier alpha value is -2.12. The van der Waals surface area contributed by atoms with Crippen LogP contribution < -0.4 is 5.32 Å². The van der Waals surface area contributed by atoms with Crippen LogP contribution in [0.2, 0.25) is 5.02 Å². The van der Waals surface area contributed by atoms with Gasteiger partial charge in [-0.2, -0.15) is 0 Å². The molecule has 154 valence electrons. The van der Waals surface area contributed by atoms with Crippen LogP contribution in [0, 0.1) is 5.92 Å². The number of likely N-dealkylation sites (N-methyl/N-ethyl adjacent to an activating group) is 1. The van der Waals surface area contributed by atoms with E-state index in [1.165, 1.54) is 11.9 Å². The topological polar surface area (TPSA) is 79.0 Å². The van der Waals surface area contributed by atoms with E-state index in [0.717, 1.165) is 25.9 Å². The van der Waals surface area contributed by atoms with Crippen LogP contribution in [-0.2, 0) is 19.1 Å². The fourth-order valence-corrected chi connectivity index (χ4v) is 3.43. The molecule has 1 heterocycles. The fraction of sp³-hybridized carbons (Fsp3) is 0.550. The van der Waals surface area contributed by atoms with Gasteiger partial charge in [-0.25, -0.2) is 0 Å². The Bertz CT molecular complexity index is 704. The van der Waals surface area contributed by atoms with Crippen molar-refractivity contribution in [2.45, 2.75) is 32.7 Å². The predicted molar refractivity (Wildman–Crippen MR) is 108 cm³/mol. The quantitative estimate of drug-likeness (QED) is 0.667. The molecule has 0 radical (unpaired) electrons. The van der Waals surface area contributed by atoms with Crippen LogP contribution in [0.3, 0.4) is 0 Å². The molecule has 2 rings (SSSR count). The lowest BCUT2D eigenvalue weighted by Gasteiger charge is -2.28. The van der Waals surface area contributed by atoms with Gasteiger partial charge in [0.2, 0.25) is 5.91 Å². The molecule has 1 saturated heterocycles. The maximum absolute atomic E-state index is 12.5. The average molecular weight is 410 g/mol. The molecule has 1 aliphatic rings. The van der Waals surface area contributed by atoms with Gasteiger partial charge in [-0.3, -0.25) is 19.3 Å². The van der Waals surface area contributed by atoms with Gasteiger partial charge >= 0.3 is 5.97 Å². The van der Waals surface area contributed by atoms with E-state index in [-0.39, 0.29) is 37.0 Å². The Labute approximate surface area is 171 Å². The van der Waals surface area contributed by atoms with Crippen LogP contribution in [0.5, 0.6) is 0 Å². The number of nitrogens with zero attached hydrogens (tertiary/aromatic N) is 2. The molecule has 1 aliphatic heterocycles. The molecule has 28 heavy (non-hydrogen) atoms. The molecule has 0 aliphatic carbocycles. The molecule has 1 atom stereocenters. The number of para-hydroxylation sites is 1. The van der Waals surface area contributed by atoms with Crippen LogP contribution in [-0.4, -0.2) is 66.9 Å². The largest absolute Gasteiger partial charge is 0.454 e. The predicted octanol–water partition coefficient (Wildman–Crippen LogP) is 2.40. The van der Waals surface area contributed by atoms with E-state index in [4.69, 9.17) is 16.3 Å². The number of carbonyl (C=O) groups excluding carboxylic acids is 3. The Morgan fingerprint density at radius 2 is 1.86 bits per heavy atom. The summed E-state index contributed by atoms with van der Waals surface area (Å²) in [6, 6.07) is 6.50. The van der Waals surface area contributed by atoms with Gasteiger partial charge in [0.05, 0.1) is 17.3 Å². The van der Waals surface area contributed by atoms with Crippen LogP contribution in [0.15, 0.2) is 24.3 Å². The number of benzene rings is 1. The summed E-state index contributed by atoms with van der Waals surface area (Å²) < 4.78 is 5.26. The van der Waals surface area contributed by atoms with Crippen LogP contribution >= 0.6 is 11.6 Å². The SMILES string of the molecule is CC(C)[C@@H](C(=O)OCC(=O)N(C)CC(=O)Nc1ccccc1Cl)N1CCCC1. The number of rotatable bonds is 8. The van der Waals surface area contributed by atoms with E-state index < -0.39 is 5.91 Å². The standard InChI is InChI=1S/C20H28ClN3O4/c1-14(2)19(24-10-6-7-11-24)20(27)28-13-18(26)23(3)12-17(25)22-16-9-5-4-8-15(16)21/h4-5,8-9,14,19H,6-7,10-13H2,1-3H3,(H,22,25)/t19-/m0/s1. The number of esters is 1. The Balaban J connectivity index is 1.81. The van der Waals surface area contributed by atoms with Gasteiger partial charge < -0.3 is 15.0 Å². The molecular formula is C20H28ClN3O4. The molecule has 8 heteroatoms. The van der Waals surface area contributed by atoms with Crippen LogP contribution in [0.4, 0.5) is 5.69 Å². The molecular weight excluding hydrogens is 382 g/mol. The molecule has 0 unspecified atom stereocenters. The lowest BCUT2D eigenvalue weighted by atomic mass is 10.0. The van der Waals surface area contributed by atoms with E-state index in [2.05, 4.69) is 10.2 Å². The van der Waals surface area contributed by atoms with Crippen molar-refractivity contribution >= 4 is 35.1 Å². The summed E-state index contributed by atoms with van der Waals surface area (Å²) in [7, 11) is 1.49. The number of nitrogens with one attached hydrogen (secondary N) is 1. The average Bonchev–Trinajstić information content (AvgIpc) is 3.15. The third-order valence-corrected chi connectivity index (χ3v) is 5.03. The van der Waals surface area contributed by atoms with Crippen molar-refractivity contribution in [1.29, 1.82) is 0 Å². The van der Waals surface area contributed by atoms with Crippen molar-refractivity contribution in [2.24, 2.45) is 5.92 Å². The highest BCUT2D eigenvalue weighted by Crippen LogP contribution is 2.20. The highest BCUT2D eigenvalue weighted by atomic mass is 35.5. The monoisotopic (exact) mass is 409 g/mol. The minimum absolute atomic E-state index is 0.0971. The molecule has 7 nitrogen and oxygen atoms in total. The Kier molecular flexibility index (Phi) is 8.26. The second-order valence-electron chi connectivity index (χ2n) is 7.32. The highest BCUT2D eigenvalue weighted by Gasteiger charge is 2.32. The first-order valence-electron chi connectivity index (χ1n) is 9.48. The maximum Gasteiger partial charge on any atom is 0.324 e. The van der Waals surface area contributed by atoms with E-state index in [1.807, 2.05) is 13.8 Å². The first-order valence-corrected chi connectivity index (χ1v) is 9.86. The van der Waals surface area contributed by atoms with Crippen molar-refractivity contribution in [2.75, 3.05) is 38.6 Å². The number of ether oxygens (including phenoxy) is 1. The smallest absolute Gasteiger partial charge is 0.324 e. The molecule has 1 aromatic rings. The van der Waals surface area contributed by atoms with Gasteiger partial charge in [-0.1, -0.05) is 37.6 Å². The number of anilines is 1. The van der Waals surface area contributed by atoms with Gasteiger partial charge in [0.1, 0.15) is 6.04 Å². The Morgan fingerprint density at radius 3 is 2.46 bits per heavy atom. The van der Waals surface area contributed by atoms with Crippen LogP contribution in [0.1, 0.15) is 26.7 Å². The number of amides is 2. The van der Waals surface area contributed by atoms with Gasteiger partial charge in [0.15, 0.2) is 6.61 Å². The minimum Gasteiger partial charge on any atom is -0.454 e. The van der Waals surface area contributed by atoms with E-state index in [1.54, 1.807) is 24.3 Å². The molecule has 0 bridgehead atoms. The Morgan fingerprint density at radius 1 is 1.21 bits per heavy atom. The third-order valence-electron chi connectivity index (χ3n) is 4.70. The number of hydrogen-bond donors (Lipinski definition) is 1. The van der Waals surface area contributed by atoms with Crippen molar-refractivity contribution in [3.63, 3.8) is 0 Å². The molecule has 0 aromatic heterocycles. The number of halogens is 1. The van der Waals surface area contributed by atoms with Crippen molar-refractivity contribution < 1.29 is 19.1 Å². The molecule has 2 amide bonds. The van der Waals surface area contributed by atoms with Gasteiger partial charge in [-0.15, -0.1) is 0 Å². The van der Waals surface area contributed by atoms with Gasteiger partial charge in [0.25, 0.3) is 5.91 Å². The first kappa shape index (κ1) is 22.2. The van der Waals surface area contributed by atoms with Crippen molar-refractivity contribution in [3.05, 3.63) is 29.3 Å². The second-order valence-corrected chi connectivity index (χ2v) is 7.72. The zero-order chi connectivity index (χ0) is 20.7. The summed E-state index contributed by atoms with van der Waals surface area (Å²) in [6.45, 7) is 5.13. The summed E-state index contributed by atoms with van der Waals surface area (Å²) >= 11 is 6.00. The summed E-state index contributed by atoms with van der Waals surface area (Å²) in [5.74, 6) is -1.11. The summed E-state index contributed by atoms with van der Waals surface area (Å²) in [5.41, 5.74) is 0.479. The molecule has 1 aromatic carbocycles. The highest BCUT2D eigenvalue weighted by molar-refractivity contribution is 6.33. The lowest BCUT2D eigenvalue weighted by molar-refractivity contribution is -0.157. The lowest BCUT2D eigenvalue weighted by Crippen LogP contribution is -2.45. The number of carbonyl (C=O) groups is 3. The molecule has 1 fully saturated rings.